The van der Waals surface area contributed by atoms with Crippen LogP contribution in [0, 0.1) is 0 Å². The van der Waals surface area contributed by atoms with E-state index in [1.54, 1.807) is 11.3 Å². The lowest BCUT2D eigenvalue weighted by Gasteiger charge is -2.21. The van der Waals surface area contributed by atoms with Gasteiger partial charge in [-0.15, -0.1) is 11.3 Å². The molecule has 1 heterocycles. The summed E-state index contributed by atoms with van der Waals surface area (Å²) >= 11 is 1.69. The van der Waals surface area contributed by atoms with Gasteiger partial charge in [0.1, 0.15) is 0 Å². The number of carbonyl (C=O) groups is 1. The summed E-state index contributed by atoms with van der Waals surface area (Å²) in [6.07, 6.45) is 6.02. The number of aliphatic hydroxyl groups is 1. The lowest BCUT2D eigenvalue weighted by molar-refractivity contribution is -0.122. The highest BCUT2D eigenvalue weighted by atomic mass is 32.1. The van der Waals surface area contributed by atoms with Gasteiger partial charge in [-0.2, -0.15) is 0 Å². The number of hydrogen-bond acceptors (Lipinski definition) is 3. The van der Waals surface area contributed by atoms with Crippen molar-refractivity contribution in [3.8, 4) is 0 Å². The van der Waals surface area contributed by atoms with Gasteiger partial charge < -0.3 is 10.4 Å². The summed E-state index contributed by atoms with van der Waals surface area (Å²) in [5.74, 6) is 0.0642. The Labute approximate surface area is 112 Å². The minimum absolute atomic E-state index is 0.0386. The highest BCUT2D eigenvalue weighted by molar-refractivity contribution is 7.09. The maximum atomic E-state index is 11.8. The topological polar surface area (TPSA) is 49.3 Å². The molecule has 1 aromatic rings. The van der Waals surface area contributed by atoms with E-state index in [1.807, 2.05) is 11.4 Å². The number of carbonyl (C=O) groups excluding carboxylic acids is 1. The molecule has 1 amide bonds. The first kappa shape index (κ1) is 13.6. The third-order valence-corrected chi connectivity index (χ3v) is 4.44. The van der Waals surface area contributed by atoms with Crippen LogP contribution in [-0.4, -0.2) is 23.2 Å². The van der Waals surface area contributed by atoms with Crippen molar-refractivity contribution >= 4 is 17.2 Å². The SMILES string of the molecule is O=C(CCc1cccs1)NC1CCCCCC1O. The summed E-state index contributed by atoms with van der Waals surface area (Å²) in [6, 6.07) is 4.02. The van der Waals surface area contributed by atoms with Gasteiger partial charge >= 0.3 is 0 Å². The summed E-state index contributed by atoms with van der Waals surface area (Å²) in [4.78, 5) is 13.1. The third-order valence-electron chi connectivity index (χ3n) is 3.50. The van der Waals surface area contributed by atoms with E-state index in [0.717, 1.165) is 32.1 Å². The fourth-order valence-electron chi connectivity index (χ4n) is 2.43. The van der Waals surface area contributed by atoms with Crippen molar-refractivity contribution in [3.63, 3.8) is 0 Å². The molecule has 0 bridgehead atoms. The van der Waals surface area contributed by atoms with Gasteiger partial charge in [0.2, 0.25) is 5.91 Å². The molecule has 100 valence electrons. The number of aliphatic hydroxyl groups excluding tert-OH is 1. The number of thiophene rings is 1. The molecule has 1 fully saturated rings. The molecule has 1 aromatic heterocycles. The Morgan fingerprint density at radius 3 is 3.00 bits per heavy atom. The van der Waals surface area contributed by atoms with E-state index >= 15 is 0 Å². The van der Waals surface area contributed by atoms with E-state index < -0.39 is 0 Å². The molecule has 18 heavy (non-hydrogen) atoms. The average Bonchev–Trinajstić information content (AvgIpc) is 2.80. The van der Waals surface area contributed by atoms with Crippen LogP contribution in [0.3, 0.4) is 0 Å². The van der Waals surface area contributed by atoms with Crippen molar-refractivity contribution in [3.05, 3.63) is 22.4 Å². The lowest BCUT2D eigenvalue weighted by Crippen LogP contribution is -2.42. The molecule has 1 aliphatic carbocycles. The normalized spacial score (nSPS) is 24.5. The van der Waals surface area contributed by atoms with Crippen LogP contribution < -0.4 is 5.32 Å². The van der Waals surface area contributed by atoms with Gasteiger partial charge in [-0.1, -0.05) is 25.3 Å². The highest BCUT2D eigenvalue weighted by Crippen LogP contribution is 2.18. The zero-order valence-corrected chi connectivity index (χ0v) is 11.4. The van der Waals surface area contributed by atoms with Crippen molar-refractivity contribution in [2.75, 3.05) is 0 Å². The van der Waals surface area contributed by atoms with E-state index in [2.05, 4.69) is 11.4 Å². The van der Waals surface area contributed by atoms with Crippen LogP contribution in [0.4, 0.5) is 0 Å². The molecule has 0 radical (unpaired) electrons. The molecular weight excluding hydrogens is 246 g/mol. The van der Waals surface area contributed by atoms with Gasteiger partial charge in [-0.3, -0.25) is 4.79 Å². The van der Waals surface area contributed by atoms with Crippen molar-refractivity contribution in [2.45, 2.75) is 57.1 Å². The van der Waals surface area contributed by atoms with E-state index in [4.69, 9.17) is 0 Å². The van der Waals surface area contributed by atoms with Crippen LogP contribution in [-0.2, 0) is 11.2 Å². The monoisotopic (exact) mass is 267 g/mol. The molecule has 1 saturated carbocycles. The molecular formula is C14H21NO2S. The molecule has 4 heteroatoms. The Morgan fingerprint density at radius 1 is 1.39 bits per heavy atom. The van der Waals surface area contributed by atoms with Gasteiger partial charge in [0.15, 0.2) is 0 Å². The Morgan fingerprint density at radius 2 is 2.22 bits per heavy atom. The molecule has 2 rings (SSSR count). The Bertz CT molecular complexity index is 364. The van der Waals surface area contributed by atoms with Gasteiger partial charge in [-0.25, -0.2) is 0 Å². The van der Waals surface area contributed by atoms with Crippen LogP contribution in [0.2, 0.25) is 0 Å². The fourth-order valence-corrected chi connectivity index (χ4v) is 3.14. The van der Waals surface area contributed by atoms with Crippen molar-refractivity contribution in [1.82, 2.24) is 5.32 Å². The maximum Gasteiger partial charge on any atom is 0.220 e. The lowest BCUT2D eigenvalue weighted by atomic mass is 10.1. The summed E-state index contributed by atoms with van der Waals surface area (Å²) in [5.41, 5.74) is 0. The average molecular weight is 267 g/mol. The molecule has 0 aromatic carbocycles. The van der Waals surface area contributed by atoms with Gasteiger partial charge in [0.25, 0.3) is 0 Å². The number of amides is 1. The Hall–Kier alpha value is -0.870. The standard InChI is InChI=1S/C14H21NO2S/c16-13-7-3-1-2-6-12(13)15-14(17)9-8-11-5-4-10-18-11/h4-5,10,12-13,16H,1-3,6-9H2,(H,15,17). The summed E-state index contributed by atoms with van der Waals surface area (Å²) in [7, 11) is 0. The van der Waals surface area contributed by atoms with Crippen molar-refractivity contribution < 1.29 is 9.90 Å². The van der Waals surface area contributed by atoms with Crippen LogP contribution in [0.1, 0.15) is 43.4 Å². The minimum atomic E-state index is -0.363. The zero-order valence-electron chi connectivity index (χ0n) is 10.6. The second kappa shape index (κ2) is 6.90. The number of nitrogens with one attached hydrogen (secondary N) is 1. The minimum Gasteiger partial charge on any atom is -0.391 e. The summed E-state index contributed by atoms with van der Waals surface area (Å²) in [5, 5.41) is 15.0. The first-order valence-electron chi connectivity index (χ1n) is 6.75. The predicted octanol–water partition coefficient (Wildman–Crippen LogP) is 2.49. The van der Waals surface area contributed by atoms with Gasteiger partial charge in [-0.05, 0) is 30.7 Å². The van der Waals surface area contributed by atoms with Crippen LogP contribution in [0.25, 0.3) is 0 Å². The van der Waals surface area contributed by atoms with Crippen LogP contribution in [0.15, 0.2) is 17.5 Å². The van der Waals surface area contributed by atoms with Crippen molar-refractivity contribution in [1.29, 1.82) is 0 Å². The first-order valence-corrected chi connectivity index (χ1v) is 7.63. The zero-order chi connectivity index (χ0) is 12.8. The Balaban J connectivity index is 1.75. The van der Waals surface area contributed by atoms with E-state index in [-0.39, 0.29) is 18.1 Å². The molecule has 0 aliphatic heterocycles. The molecule has 0 saturated heterocycles. The van der Waals surface area contributed by atoms with Gasteiger partial charge in [0.05, 0.1) is 12.1 Å². The Kier molecular flexibility index (Phi) is 5.20. The second-order valence-electron chi connectivity index (χ2n) is 4.96. The summed E-state index contributed by atoms with van der Waals surface area (Å²) in [6.45, 7) is 0. The fraction of sp³-hybridized carbons (Fsp3) is 0.643. The maximum absolute atomic E-state index is 11.8. The predicted molar refractivity (Wildman–Crippen MR) is 73.7 cm³/mol. The third kappa shape index (κ3) is 4.10. The number of hydrogen-bond donors (Lipinski definition) is 2. The highest BCUT2D eigenvalue weighted by Gasteiger charge is 2.22. The molecule has 2 atom stereocenters. The van der Waals surface area contributed by atoms with E-state index in [9.17, 15) is 9.90 Å². The molecule has 0 spiro atoms. The van der Waals surface area contributed by atoms with E-state index in [0.29, 0.717) is 6.42 Å². The van der Waals surface area contributed by atoms with E-state index in [1.165, 1.54) is 11.3 Å². The van der Waals surface area contributed by atoms with Crippen LogP contribution >= 0.6 is 11.3 Å². The second-order valence-corrected chi connectivity index (χ2v) is 5.99. The number of rotatable bonds is 4. The molecule has 3 nitrogen and oxygen atoms in total. The largest absolute Gasteiger partial charge is 0.391 e. The first-order chi connectivity index (χ1) is 8.75. The molecule has 1 aliphatic rings. The van der Waals surface area contributed by atoms with Crippen LogP contribution in [0.5, 0.6) is 0 Å². The number of aryl methyl sites for hydroxylation is 1. The molecule has 2 N–H and O–H groups in total. The van der Waals surface area contributed by atoms with Gasteiger partial charge in [0, 0.05) is 11.3 Å². The summed E-state index contributed by atoms with van der Waals surface area (Å²) < 4.78 is 0. The van der Waals surface area contributed by atoms with Crippen molar-refractivity contribution in [2.24, 2.45) is 0 Å². The quantitative estimate of drug-likeness (QED) is 0.823. The molecule has 2 unspecified atom stereocenters. The smallest absolute Gasteiger partial charge is 0.220 e.